The van der Waals surface area contributed by atoms with Crippen molar-refractivity contribution in [3.05, 3.63) is 0 Å². The zero-order valence-corrected chi connectivity index (χ0v) is 7.62. The SMILES string of the molecule is CCNC(=O)SCC(C)C. The Hall–Kier alpha value is -0.180. The lowest BCUT2D eigenvalue weighted by atomic mass is 10.3. The largest absolute Gasteiger partial charge is 0.347 e. The Bertz CT molecular complexity index is 104. The molecule has 0 saturated carbocycles. The van der Waals surface area contributed by atoms with E-state index in [0.717, 1.165) is 12.3 Å². The molecule has 0 aromatic rings. The topological polar surface area (TPSA) is 29.1 Å². The Kier molecular flexibility index (Phi) is 5.49. The zero-order chi connectivity index (χ0) is 7.98. The van der Waals surface area contributed by atoms with Crippen molar-refractivity contribution in [1.29, 1.82) is 0 Å². The molecule has 0 atom stereocenters. The summed E-state index contributed by atoms with van der Waals surface area (Å²) in [7, 11) is 0. The Morgan fingerprint density at radius 1 is 1.60 bits per heavy atom. The highest BCUT2D eigenvalue weighted by Crippen LogP contribution is 2.07. The van der Waals surface area contributed by atoms with Gasteiger partial charge in [0.15, 0.2) is 0 Å². The molecule has 0 aromatic heterocycles. The molecule has 0 aromatic carbocycles. The van der Waals surface area contributed by atoms with Gasteiger partial charge in [0.05, 0.1) is 0 Å². The summed E-state index contributed by atoms with van der Waals surface area (Å²) in [6.07, 6.45) is 0. The summed E-state index contributed by atoms with van der Waals surface area (Å²) in [5, 5.41) is 2.82. The van der Waals surface area contributed by atoms with Gasteiger partial charge < -0.3 is 5.32 Å². The Morgan fingerprint density at radius 2 is 2.20 bits per heavy atom. The van der Waals surface area contributed by atoms with Gasteiger partial charge in [-0.3, -0.25) is 4.79 Å². The van der Waals surface area contributed by atoms with Gasteiger partial charge in [0, 0.05) is 12.3 Å². The van der Waals surface area contributed by atoms with Crippen molar-refractivity contribution in [3.8, 4) is 0 Å². The van der Waals surface area contributed by atoms with Gasteiger partial charge in [-0.15, -0.1) is 0 Å². The molecule has 0 bridgehead atoms. The van der Waals surface area contributed by atoms with Crippen LogP contribution in [0.4, 0.5) is 4.79 Å². The molecule has 0 fully saturated rings. The van der Waals surface area contributed by atoms with Crippen LogP contribution in [-0.2, 0) is 0 Å². The van der Waals surface area contributed by atoms with Gasteiger partial charge in [-0.2, -0.15) is 0 Å². The zero-order valence-electron chi connectivity index (χ0n) is 6.81. The normalized spacial score (nSPS) is 10.0. The van der Waals surface area contributed by atoms with Crippen LogP contribution in [0.3, 0.4) is 0 Å². The number of amides is 1. The minimum absolute atomic E-state index is 0.0937. The number of thioether (sulfide) groups is 1. The van der Waals surface area contributed by atoms with E-state index in [4.69, 9.17) is 0 Å². The molecule has 0 aliphatic carbocycles. The predicted octanol–water partition coefficient (Wildman–Crippen LogP) is 2.11. The highest BCUT2D eigenvalue weighted by molar-refractivity contribution is 8.13. The predicted molar refractivity (Wildman–Crippen MR) is 46.4 cm³/mol. The second-order valence-electron chi connectivity index (χ2n) is 2.52. The van der Waals surface area contributed by atoms with Gasteiger partial charge in [-0.1, -0.05) is 25.6 Å². The van der Waals surface area contributed by atoms with E-state index >= 15 is 0 Å². The van der Waals surface area contributed by atoms with Gasteiger partial charge in [0.25, 0.3) is 5.24 Å². The molecule has 0 radical (unpaired) electrons. The monoisotopic (exact) mass is 161 g/mol. The molecule has 2 nitrogen and oxygen atoms in total. The van der Waals surface area contributed by atoms with E-state index in [1.165, 1.54) is 11.8 Å². The molecule has 3 heteroatoms. The number of rotatable bonds is 3. The number of hydrogen-bond donors (Lipinski definition) is 1. The number of carbonyl (C=O) groups excluding carboxylic acids is 1. The third-order valence-electron chi connectivity index (χ3n) is 0.869. The molecule has 60 valence electrons. The third-order valence-corrected chi connectivity index (χ3v) is 2.11. The van der Waals surface area contributed by atoms with Crippen LogP contribution in [-0.4, -0.2) is 17.5 Å². The fourth-order valence-corrected chi connectivity index (χ4v) is 1.17. The average Bonchev–Trinajstić information content (AvgIpc) is 1.85. The molecule has 0 unspecified atom stereocenters. The second kappa shape index (κ2) is 5.59. The van der Waals surface area contributed by atoms with Crippen molar-refractivity contribution in [2.45, 2.75) is 20.8 Å². The van der Waals surface area contributed by atoms with Gasteiger partial charge in [-0.05, 0) is 12.8 Å². The molecular formula is C7H15NOS. The summed E-state index contributed by atoms with van der Waals surface area (Å²) < 4.78 is 0. The molecule has 0 saturated heterocycles. The number of hydrogen-bond acceptors (Lipinski definition) is 2. The van der Waals surface area contributed by atoms with Gasteiger partial charge in [0.1, 0.15) is 0 Å². The van der Waals surface area contributed by atoms with Gasteiger partial charge in [0.2, 0.25) is 0 Å². The lowest BCUT2D eigenvalue weighted by molar-refractivity contribution is 0.261. The van der Waals surface area contributed by atoms with Crippen molar-refractivity contribution >= 4 is 17.0 Å². The fraction of sp³-hybridized carbons (Fsp3) is 0.857. The summed E-state index contributed by atoms with van der Waals surface area (Å²) in [5.41, 5.74) is 0. The molecular weight excluding hydrogens is 146 g/mol. The molecule has 1 N–H and O–H groups in total. The maximum atomic E-state index is 10.8. The van der Waals surface area contributed by atoms with E-state index in [1.807, 2.05) is 6.92 Å². The van der Waals surface area contributed by atoms with E-state index < -0.39 is 0 Å². The fourth-order valence-electron chi connectivity index (χ4n) is 0.438. The van der Waals surface area contributed by atoms with Crippen molar-refractivity contribution in [2.24, 2.45) is 5.92 Å². The summed E-state index contributed by atoms with van der Waals surface area (Å²) in [6.45, 7) is 6.86. The maximum Gasteiger partial charge on any atom is 0.279 e. The van der Waals surface area contributed by atoms with E-state index in [0.29, 0.717) is 5.92 Å². The van der Waals surface area contributed by atoms with Gasteiger partial charge in [-0.25, -0.2) is 0 Å². The number of nitrogens with one attached hydrogen (secondary N) is 1. The van der Waals surface area contributed by atoms with Gasteiger partial charge >= 0.3 is 0 Å². The van der Waals surface area contributed by atoms with Crippen LogP contribution in [0.2, 0.25) is 0 Å². The van der Waals surface area contributed by atoms with Crippen LogP contribution in [0.25, 0.3) is 0 Å². The first-order chi connectivity index (χ1) is 4.66. The molecule has 0 aliphatic heterocycles. The quantitative estimate of drug-likeness (QED) is 0.687. The van der Waals surface area contributed by atoms with Crippen molar-refractivity contribution in [1.82, 2.24) is 5.32 Å². The van der Waals surface area contributed by atoms with E-state index in [1.54, 1.807) is 0 Å². The van der Waals surface area contributed by atoms with Crippen LogP contribution in [0.5, 0.6) is 0 Å². The average molecular weight is 161 g/mol. The second-order valence-corrected chi connectivity index (χ2v) is 3.52. The molecule has 10 heavy (non-hydrogen) atoms. The van der Waals surface area contributed by atoms with Crippen LogP contribution >= 0.6 is 11.8 Å². The highest BCUT2D eigenvalue weighted by Gasteiger charge is 2.00. The first kappa shape index (κ1) is 9.82. The molecule has 1 amide bonds. The van der Waals surface area contributed by atoms with Crippen molar-refractivity contribution < 1.29 is 4.79 Å². The summed E-state index contributed by atoms with van der Waals surface area (Å²) >= 11 is 1.36. The minimum Gasteiger partial charge on any atom is -0.347 e. The number of carbonyl (C=O) groups is 1. The highest BCUT2D eigenvalue weighted by atomic mass is 32.2. The third kappa shape index (κ3) is 5.95. The summed E-state index contributed by atoms with van der Waals surface area (Å²) in [5.74, 6) is 1.50. The smallest absolute Gasteiger partial charge is 0.279 e. The van der Waals surface area contributed by atoms with Crippen LogP contribution in [0.15, 0.2) is 0 Å². The van der Waals surface area contributed by atoms with E-state index in [2.05, 4.69) is 19.2 Å². The van der Waals surface area contributed by atoms with Crippen molar-refractivity contribution in [2.75, 3.05) is 12.3 Å². The Labute approximate surface area is 66.8 Å². The lowest BCUT2D eigenvalue weighted by Gasteiger charge is -2.02. The summed E-state index contributed by atoms with van der Waals surface area (Å²) in [6, 6.07) is 0. The molecule has 0 aliphatic rings. The first-order valence-electron chi connectivity index (χ1n) is 3.57. The molecule has 0 heterocycles. The van der Waals surface area contributed by atoms with Crippen LogP contribution in [0, 0.1) is 5.92 Å². The minimum atomic E-state index is 0.0937. The molecule has 0 rings (SSSR count). The lowest BCUT2D eigenvalue weighted by Crippen LogP contribution is -2.18. The maximum absolute atomic E-state index is 10.8. The van der Waals surface area contributed by atoms with E-state index in [9.17, 15) is 4.79 Å². The van der Waals surface area contributed by atoms with E-state index in [-0.39, 0.29) is 5.24 Å². The van der Waals surface area contributed by atoms with Crippen molar-refractivity contribution in [3.63, 3.8) is 0 Å². The van der Waals surface area contributed by atoms with Crippen LogP contribution < -0.4 is 5.32 Å². The molecule has 0 spiro atoms. The Balaban J connectivity index is 3.22. The standard InChI is InChI=1S/C7H15NOS/c1-4-8-7(9)10-5-6(2)3/h6H,4-5H2,1-3H3,(H,8,9). The Morgan fingerprint density at radius 3 is 2.60 bits per heavy atom. The summed E-state index contributed by atoms with van der Waals surface area (Å²) in [4.78, 5) is 10.8. The first-order valence-corrected chi connectivity index (χ1v) is 4.56. The van der Waals surface area contributed by atoms with Crippen LogP contribution in [0.1, 0.15) is 20.8 Å².